The highest BCUT2D eigenvalue weighted by Gasteiger charge is 2.30. The van der Waals surface area contributed by atoms with Crippen molar-refractivity contribution < 1.29 is 9.59 Å². The molecule has 2 amide bonds. The summed E-state index contributed by atoms with van der Waals surface area (Å²) >= 11 is 12.7. The van der Waals surface area contributed by atoms with Gasteiger partial charge in [-0.05, 0) is 44.4 Å². The number of nitrogens with zero attached hydrogens (tertiary/aromatic N) is 1. The monoisotopic (exact) mass is 448 g/mol. The van der Waals surface area contributed by atoms with Gasteiger partial charge in [-0.25, -0.2) is 0 Å². The van der Waals surface area contributed by atoms with Crippen LogP contribution in [0.15, 0.2) is 42.5 Å². The van der Waals surface area contributed by atoms with Crippen molar-refractivity contribution in [2.24, 2.45) is 0 Å². The Bertz CT molecular complexity index is 848. The van der Waals surface area contributed by atoms with Crippen LogP contribution in [0.5, 0.6) is 0 Å². The molecule has 2 atom stereocenters. The van der Waals surface area contributed by atoms with E-state index in [4.69, 9.17) is 23.2 Å². The minimum Gasteiger partial charge on any atom is -0.352 e. The summed E-state index contributed by atoms with van der Waals surface area (Å²) in [5, 5.41) is 3.96. The molecule has 162 valence electrons. The van der Waals surface area contributed by atoms with Crippen molar-refractivity contribution in [1.82, 2.24) is 10.2 Å². The summed E-state index contributed by atoms with van der Waals surface area (Å²) in [5.74, 6) is -0.298. The van der Waals surface area contributed by atoms with E-state index in [-0.39, 0.29) is 30.8 Å². The number of halogens is 2. The Morgan fingerprint density at radius 1 is 1.00 bits per heavy atom. The molecule has 2 aromatic rings. The van der Waals surface area contributed by atoms with Crippen LogP contribution >= 0.6 is 23.2 Å². The number of nitrogens with one attached hydrogen (secondary N) is 1. The average Bonchev–Trinajstić information content (AvgIpc) is 2.71. The number of hydrogen-bond donors (Lipinski definition) is 1. The molecule has 0 bridgehead atoms. The molecule has 2 rings (SSSR count). The first kappa shape index (κ1) is 24.2. The highest BCUT2D eigenvalue weighted by atomic mass is 35.5. The second kappa shape index (κ2) is 11.4. The molecule has 0 radical (unpaired) electrons. The molecule has 0 aromatic heterocycles. The van der Waals surface area contributed by atoms with Crippen molar-refractivity contribution in [2.45, 2.75) is 65.6 Å². The molecule has 0 saturated heterocycles. The molecule has 0 saturated carbocycles. The summed E-state index contributed by atoms with van der Waals surface area (Å²) in [7, 11) is 0. The SMILES string of the molecule is CC[C@H](C)NC(=O)[C@H](CC)N(Cc1c(Cl)cccc1Cl)C(=O)Cc1ccc(C)cc1. The Morgan fingerprint density at radius 2 is 1.60 bits per heavy atom. The first-order chi connectivity index (χ1) is 14.3. The topological polar surface area (TPSA) is 49.4 Å². The molecule has 6 heteroatoms. The molecule has 1 N–H and O–H groups in total. The van der Waals surface area contributed by atoms with Crippen molar-refractivity contribution in [3.8, 4) is 0 Å². The molecule has 2 aromatic carbocycles. The molecule has 30 heavy (non-hydrogen) atoms. The van der Waals surface area contributed by atoms with Gasteiger partial charge in [0, 0.05) is 28.2 Å². The summed E-state index contributed by atoms with van der Waals surface area (Å²) < 4.78 is 0. The van der Waals surface area contributed by atoms with Crippen LogP contribution in [-0.2, 0) is 22.6 Å². The largest absolute Gasteiger partial charge is 0.352 e. The lowest BCUT2D eigenvalue weighted by molar-refractivity contribution is -0.141. The number of hydrogen-bond acceptors (Lipinski definition) is 2. The molecule has 0 aliphatic carbocycles. The van der Waals surface area contributed by atoms with Gasteiger partial charge in [0.15, 0.2) is 0 Å². The molecule has 0 aliphatic rings. The summed E-state index contributed by atoms with van der Waals surface area (Å²) in [6, 6.07) is 12.5. The maximum absolute atomic E-state index is 13.3. The minimum absolute atomic E-state index is 0.0319. The first-order valence-corrected chi connectivity index (χ1v) is 11.1. The maximum atomic E-state index is 13.3. The van der Waals surface area contributed by atoms with Gasteiger partial charge in [0.1, 0.15) is 6.04 Å². The van der Waals surface area contributed by atoms with Gasteiger partial charge in [0.25, 0.3) is 0 Å². The summed E-state index contributed by atoms with van der Waals surface area (Å²) in [6.45, 7) is 8.05. The Hall–Kier alpha value is -2.04. The maximum Gasteiger partial charge on any atom is 0.243 e. The van der Waals surface area contributed by atoms with E-state index in [9.17, 15) is 9.59 Å². The smallest absolute Gasteiger partial charge is 0.243 e. The minimum atomic E-state index is -0.607. The van der Waals surface area contributed by atoms with Crippen LogP contribution in [0.4, 0.5) is 0 Å². The number of rotatable bonds is 9. The van der Waals surface area contributed by atoms with Crippen LogP contribution < -0.4 is 5.32 Å². The van der Waals surface area contributed by atoms with Crippen molar-refractivity contribution in [3.63, 3.8) is 0 Å². The Morgan fingerprint density at radius 3 is 2.13 bits per heavy atom. The zero-order chi connectivity index (χ0) is 22.3. The quantitative estimate of drug-likeness (QED) is 0.545. The molecule has 0 spiro atoms. The van der Waals surface area contributed by atoms with E-state index < -0.39 is 6.04 Å². The normalized spacial score (nSPS) is 12.9. The Balaban J connectivity index is 2.35. The van der Waals surface area contributed by atoms with Crippen LogP contribution in [0.25, 0.3) is 0 Å². The molecular weight excluding hydrogens is 419 g/mol. The van der Waals surface area contributed by atoms with E-state index in [1.165, 1.54) is 0 Å². The van der Waals surface area contributed by atoms with Gasteiger partial charge < -0.3 is 10.2 Å². The van der Waals surface area contributed by atoms with Crippen LogP contribution in [0, 0.1) is 6.92 Å². The number of amides is 2. The summed E-state index contributed by atoms with van der Waals surface area (Å²) in [4.78, 5) is 27.9. The molecule has 0 fully saturated rings. The first-order valence-electron chi connectivity index (χ1n) is 10.3. The fourth-order valence-corrected chi connectivity index (χ4v) is 3.71. The van der Waals surface area contributed by atoms with E-state index in [2.05, 4.69) is 5.32 Å². The zero-order valence-electron chi connectivity index (χ0n) is 18.0. The summed E-state index contributed by atoms with van der Waals surface area (Å²) in [6.07, 6.45) is 1.51. The number of carbonyl (C=O) groups is 2. The van der Waals surface area contributed by atoms with Crippen molar-refractivity contribution in [1.29, 1.82) is 0 Å². The fourth-order valence-electron chi connectivity index (χ4n) is 3.20. The molecule has 0 unspecified atom stereocenters. The van der Waals surface area contributed by atoms with Crippen LogP contribution in [0.2, 0.25) is 10.0 Å². The second-order valence-corrected chi connectivity index (χ2v) is 8.44. The van der Waals surface area contributed by atoms with E-state index in [0.29, 0.717) is 22.0 Å². The third kappa shape index (κ3) is 6.48. The Kier molecular flexibility index (Phi) is 9.19. The van der Waals surface area contributed by atoms with Crippen LogP contribution in [0.1, 0.15) is 50.3 Å². The van der Waals surface area contributed by atoms with E-state index in [1.807, 2.05) is 52.0 Å². The highest BCUT2D eigenvalue weighted by molar-refractivity contribution is 6.36. The van der Waals surface area contributed by atoms with E-state index >= 15 is 0 Å². The predicted octanol–water partition coefficient (Wildman–Crippen LogP) is 5.57. The van der Waals surface area contributed by atoms with Crippen molar-refractivity contribution >= 4 is 35.0 Å². The van der Waals surface area contributed by atoms with Gasteiger partial charge in [0.05, 0.1) is 6.42 Å². The van der Waals surface area contributed by atoms with Gasteiger partial charge in [-0.15, -0.1) is 0 Å². The lowest BCUT2D eigenvalue weighted by Gasteiger charge is -2.32. The zero-order valence-corrected chi connectivity index (χ0v) is 19.6. The van der Waals surface area contributed by atoms with Gasteiger partial charge in [-0.2, -0.15) is 0 Å². The number of aryl methyl sites for hydroxylation is 1. The van der Waals surface area contributed by atoms with Gasteiger partial charge in [-0.3, -0.25) is 9.59 Å². The van der Waals surface area contributed by atoms with Gasteiger partial charge in [0.2, 0.25) is 11.8 Å². The van der Waals surface area contributed by atoms with Crippen LogP contribution in [0.3, 0.4) is 0 Å². The van der Waals surface area contributed by atoms with E-state index in [0.717, 1.165) is 17.5 Å². The number of benzene rings is 2. The van der Waals surface area contributed by atoms with E-state index in [1.54, 1.807) is 23.1 Å². The molecule has 4 nitrogen and oxygen atoms in total. The Labute approximate surface area is 189 Å². The van der Waals surface area contributed by atoms with Crippen molar-refractivity contribution in [3.05, 3.63) is 69.2 Å². The lowest BCUT2D eigenvalue weighted by atomic mass is 10.1. The molecular formula is C24H30Cl2N2O2. The lowest BCUT2D eigenvalue weighted by Crippen LogP contribution is -2.51. The number of carbonyl (C=O) groups excluding carboxylic acids is 2. The fraction of sp³-hybridized carbons (Fsp3) is 0.417. The predicted molar refractivity (Wildman–Crippen MR) is 124 cm³/mol. The average molecular weight is 449 g/mol. The highest BCUT2D eigenvalue weighted by Crippen LogP contribution is 2.27. The molecule has 0 aliphatic heterocycles. The third-order valence-electron chi connectivity index (χ3n) is 5.25. The summed E-state index contributed by atoms with van der Waals surface area (Å²) in [5.41, 5.74) is 2.68. The van der Waals surface area contributed by atoms with Crippen molar-refractivity contribution in [2.75, 3.05) is 0 Å². The molecule has 0 heterocycles. The third-order valence-corrected chi connectivity index (χ3v) is 5.96. The van der Waals surface area contributed by atoms with Gasteiger partial charge >= 0.3 is 0 Å². The van der Waals surface area contributed by atoms with Gasteiger partial charge in [-0.1, -0.05) is 72.9 Å². The van der Waals surface area contributed by atoms with Crippen LogP contribution in [-0.4, -0.2) is 28.8 Å². The standard InChI is InChI=1S/C24H30Cl2N2O2/c1-5-17(4)27-24(30)22(6-2)28(15-19-20(25)8-7-9-21(19)26)23(29)14-18-12-10-16(3)11-13-18/h7-13,17,22H,5-6,14-15H2,1-4H3,(H,27,30)/t17-,22-/m0/s1. The second-order valence-electron chi connectivity index (χ2n) is 7.63.